The number of aryl methyl sites for hydroxylation is 1. The molecule has 1 heterocycles. The normalized spacial score (nSPS) is 11.3. The Morgan fingerprint density at radius 3 is 2.65 bits per heavy atom. The first-order chi connectivity index (χ1) is 7.97. The molecule has 0 saturated carbocycles. The summed E-state index contributed by atoms with van der Waals surface area (Å²) in [6.07, 6.45) is 0. The molecule has 0 atom stereocenters. The molecule has 0 radical (unpaired) electrons. The first kappa shape index (κ1) is 11.7. The first-order valence-corrected chi connectivity index (χ1v) is 5.38. The lowest BCUT2D eigenvalue weighted by Gasteiger charge is -2.12. The van der Waals surface area contributed by atoms with Crippen LogP contribution in [0.25, 0.3) is 11.0 Å². The summed E-state index contributed by atoms with van der Waals surface area (Å²) in [6.45, 7) is 2.50. The Bertz CT molecular complexity index is 614. The highest BCUT2D eigenvalue weighted by molar-refractivity contribution is 5.82. The van der Waals surface area contributed by atoms with Gasteiger partial charge in [-0.15, -0.1) is 0 Å². The molecule has 0 amide bonds. The number of nitrogens with zero attached hydrogens (tertiary/aromatic N) is 1. The Morgan fingerprint density at radius 2 is 2.00 bits per heavy atom. The molecule has 2 aromatic rings. The van der Waals surface area contributed by atoms with E-state index in [9.17, 15) is 9.90 Å². The summed E-state index contributed by atoms with van der Waals surface area (Å²) >= 11 is 0. The zero-order valence-corrected chi connectivity index (χ0v) is 10.2. The molecule has 0 saturated heterocycles. The minimum atomic E-state index is -0.394. The monoisotopic (exact) mass is 233 g/mol. The summed E-state index contributed by atoms with van der Waals surface area (Å²) in [5, 5.41) is 10.7. The van der Waals surface area contributed by atoms with E-state index >= 15 is 0 Å². The van der Waals surface area contributed by atoms with E-state index in [2.05, 4.69) is 0 Å². The Balaban J connectivity index is 2.67. The summed E-state index contributed by atoms with van der Waals surface area (Å²) in [5.41, 5.74) is 1.71. The van der Waals surface area contributed by atoms with Gasteiger partial charge in [0.05, 0.1) is 0 Å². The SMILES string of the molecule is Cc1cc(=O)oc2cc(O)c(CN(C)C)cc12. The number of hydrogen-bond acceptors (Lipinski definition) is 4. The molecule has 0 fully saturated rings. The maximum absolute atomic E-state index is 11.2. The molecule has 0 aliphatic rings. The van der Waals surface area contributed by atoms with E-state index in [1.54, 1.807) is 0 Å². The van der Waals surface area contributed by atoms with Crippen molar-refractivity contribution in [2.45, 2.75) is 13.5 Å². The van der Waals surface area contributed by atoms with Crippen LogP contribution in [0.2, 0.25) is 0 Å². The molecule has 4 nitrogen and oxygen atoms in total. The second-order valence-corrected chi connectivity index (χ2v) is 4.46. The molecule has 0 unspecified atom stereocenters. The molecule has 0 aliphatic heterocycles. The van der Waals surface area contributed by atoms with Gasteiger partial charge in [0.25, 0.3) is 0 Å². The fourth-order valence-electron chi connectivity index (χ4n) is 1.87. The number of rotatable bonds is 2. The van der Waals surface area contributed by atoms with Gasteiger partial charge in [0.15, 0.2) is 0 Å². The molecule has 17 heavy (non-hydrogen) atoms. The topological polar surface area (TPSA) is 53.7 Å². The van der Waals surface area contributed by atoms with E-state index in [1.165, 1.54) is 12.1 Å². The Labute approximate surface area is 99.1 Å². The van der Waals surface area contributed by atoms with Gasteiger partial charge in [-0.25, -0.2) is 4.79 Å². The highest BCUT2D eigenvalue weighted by Crippen LogP contribution is 2.26. The predicted octanol–water partition coefficient (Wildman–Crippen LogP) is 1.87. The van der Waals surface area contributed by atoms with E-state index in [4.69, 9.17) is 4.42 Å². The van der Waals surface area contributed by atoms with Crippen molar-refractivity contribution in [3.05, 3.63) is 39.7 Å². The largest absolute Gasteiger partial charge is 0.507 e. The van der Waals surface area contributed by atoms with Gasteiger partial charge in [0.1, 0.15) is 11.3 Å². The maximum atomic E-state index is 11.2. The van der Waals surface area contributed by atoms with Gasteiger partial charge in [0, 0.05) is 29.6 Å². The van der Waals surface area contributed by atoms with Crippen molar-refractivity contribution >= 4 is 11.0 Å². The smallest absolute Gasteiger partial charge is 0.336 e. The molecule has 0 aliphatic carbocycles. The Morgan fingerprint density at radius 1 is 1.29 bits per heavy atom. The lowest BCUT2D eigenvalue weighted by atomic mass is 10.1. The predicted molar refractivity (Wildman–Crippen MR) is 66.3 cm³/mol. The van der Waals surface area contributed by atoms with E-state index < -0.39 is 5.63 Å². The quantitative estimate of drug-likeness (QED) is 0.804. The van der Waals surface area contributed by atoms with Crippen LogP contribution in [0.4, 0.5) is 0 Å². The van der Waals surface area contributed by atoms with Crippen LogP contribution in [-0.2, 0) is 6.54 Å². The van der Waals surface area contributed by atoms with Crippen LogP contribution < -0.4 is 5.63 Å². The Hall–Kier alpha value is -1.81. The van der Waals surface area contributed by atoms with E-state index in [0.29, 0.717) is 12.1 Å². The second-order valence-electron chi connectivity index (χ2n) is 4.46. The molecular formula is C13H15NO3. The fraction of sp³-hybridized carbons (Fsp3) is 0.308. The molecular weight excluding hydrogens is 218 g/mol. The van der Waals surface area contributed by atoms with E-state index in [-0.39, 0.29) is 5.75 Å². The molecule has 0 bridgehead atoms. The van der Waals surface area contributed by atoms with E-state index in [1.807, 2.05) is 32.0 Å². The van der Waals surface area contributed by atoms with Crippen LogP contribution in [-0.4, -0.2) is 24.1 Å². The second kappa shape index (κ2) is 4.22. The molecule has 1 aromatic heterocycles. The summed E-state index contributed by atoms with van der Waals surface area (Å²) in [5.74, 6) is 0.153. The van der Waals surface area contributed by atoms with Crippen molar-refractivity contribution in [2.24, 2.45) is 0 Å². The van der Waals surface area contributed by atoms with Gasteiger partial charge in [-0.2, -0.15) is 0 Å². The highest BCUT2D eigenvalue weighted by atomic mass is 16.4. The van der Waals surface area contributed by atoms with Crippen LogP contribution in [0.1, 0.15) is 11.1 Å². The van der Waals surface area contributed by atoms with Gasteiger partial charge in [-0.1, -0.05) is 0 Å². The lowest BCUT2D eigenvalue weighted by Crippen LogP contribution is -2.11. The zero-order chi connectivity index (χ0) is 12.6. The number of benzene rings is 1. The highest BCUT2D eigenvalue weighted by Gasteiger charge is 2.09. The first-order valence-electron chi connectivity index (χ1n) is 5.38. The van der Waals surface area contributed by atoms with Gasteiger partial charge in [0.2, 0.25) is 0 Å². The average Bonchev–Trinajstić information content (AvgIpc) is 2.19. The summed E-state index contributed by atoms with van der Waals surface area (Å²) in [6, 6.07) is 4.82. The summed E-state index contributed by atoms with van der Waals surface area (Å²) in [4.78, 5) is 13.2. The van der Waals surface area contributed by atoms with Crippen molar-refractivity contribution in [2.75, 3.05) is 14.1 Å². The minimum absolute atomic E-state index is 0.153. The number of fused-ring (bicyclic) bond motifs is 1. The molecule has 1 aromatic carbocycles. The minimum Gasteiger partial charge on any atom is -0.507 e. The number of phenols is 1. The molecule has 2 rings (SSSR count). The van der Waals surface area contributed by atoms with E-state index in [0.717, 1.165) is 16.5 Å². The third-order valence-corrected chi connectivity index (χ3v) is 2.64. The average molecular weight is 233 g/mol. The maximum Gasteiger partial charge on any atom is 0.336 e. The molecule has 90 valence electrons. The van der Waals surface area contributed by atoms with Gasteiger partial charge >= 0.3 is 5.63 Å². The number of phenolic OH excluding ortho intramolecular Hbond substituents is 1. The van der Waals surface area contributed by atoms with Gasteiger partial charge in [-0.3, -0.25) is 0 Å². The van der Waals surface area contributed by atoms with Crippen molar-refractivity contribution < 1.29 is 9.52 Å². The molecule has 4 heteroatoms. The van der Waals surface area contributed by atoms with Crippen molar-refractivity contribution in [1.82, 2.24) is 4.90 Å². The molecule has 1 N–H and O–H groups in total. The van der Waals surface area contributed by atoms with Crippen LogP contribution >= 0.6 is 0 Å². The van der Waals surface area contributed by atoms with Crippen LogP contribution in [0.15, 0.2) is 27.4 Å². The standard InChI is InChI=1S/C13H15NO3/c1-8-4-13(16)17-12-6-11(15)9(5-10(8)12)7-14(2)3/h4-6,15H,7H2,1-3H3. The third kappa shape index (κ3) is 2.31. The summed E-state index contributed by atoms with van der Waals surface area (Å²) < 4.78 is 5.05. The van der Waals surface area contributed by atoms with Crippen LogP contribution in [0.5, 0.6) is 5.75 Å². The number of hydrogen-bond donors (Lipinski definition) is 1. The van der Waals surface area contributed by atoms with Crippen LogP contribution in [0.3, 0.4) is 0 Å². The van der Waals surface area contributed by atoms with Gasteiger partial charge in [-0.05, 0) is 32.6 Å². The zero-order valence-electron chi connectivity index (χ0n) is 10.2. The Kier molecular flexibility index (Phi) is 2.90. The number of aromatic hydroxyl groups is 1. The van der Waals surface area contributed by atoms with Gasteiger partial charge < -0.3 is 14.4 Å². The van der Waals surface area contributed by atoms with Crippen molar-refractivity contribution in [1.29, 1.82) is 0 Å². The lowest BCUT2D eigenvalue weighted by molar-refractivity contribution is 0.386. The molecule has 0 spiro atoms. The summed E-state index contributed by atoms with van der Waals surface area (Å²) in [7, 11) is 3.86. The third-order valence-electron chi connectivity index (χ3n) is 2.64. The van der Waals surface area contributed by atoms with Crippen molar-refractivity contribution in [3.8, 4) is 5.75 Å². The fourth-order valence-corrected chi connectivity index (χ4v) is 1.87. The van der Waals surface area contributed by atoms with Crippen molar-refractivity contribution in [3.63, 3.8) is 0 Å². The van der Waals surface area contributed by atoms with Crippen LogP contribution in [0, 0.1) is 6.92 Å².